The number of hydrogen-bond acceptors (Lipinski definition) is 4. The first kappa shape index (κ1) is 15.0. The number of benzene rings is 1. The van der Waals surface area contributed by atoms with Crippen molar-refractivity contribution in [3.05, 3.63) is 39.4 Å². The largest absolute Gasteiger partial charge is 0.508 e. The molecule has 24 heavy (non-hydrogen) atoms. The van der Waals surface area contributed by atoms with Crippen molar-refractivity contribution in [2.24, 2.45) is 0 Å². The predicted octanol–water partition coefficient (Wildman–Crippen LogP) is 3.67. The summed E-state index contributed by atoms with van der Waals surface area (Å²) in [6.45, 7) is 0.721. The molecule has 0 spiro atoms. The van der Waals surface area contributed by atoms with Gasteiger partial charge in [-0.15, -0.1) is 10.2 Å². The van der Waals surface area contributed by atoms with Gasteiger partial charge in [0.1, 0.15) is 17.4 Å². The van der Waals surface area contributed by atoms with Crippen LogP contribution in [0.2, 0.25) is 10.0 Å². The van der Waals surface area contributed by atoms with Gasteiger partial charge in [0.2, 0.25) is 0 Å². The fraction of sp³-hybridized carbons (Fsp3) is 0.529. The van der Waals surface area contributed by atoms with E-state index in [1.807, 2.05) is 0 Å². The number of aromatic nitrogens is 3. The highest BCUT2D eigenvalue weighted by molar-refractivity contribution is 6.42. The zero-order valence-corrected chi connectivity index (χ0v) is 14.5. The zero-order valence-electron chi connectivity index (χ0n) is 13.0. The molecule has 5 rings (SSSR count). The Kier molecular flexibility index (Phi) is 3.34. The van der Waals surface area contributed by atoms with E-state index in [1.54, 1.807) is 12.1 Å². The maximum absolute atomic E-state index is 10.3. The minimum Gasteiger partial charge on any atom is -0.508 e. The quantitative estimate of drug-likeness (QED) is 0.881. The van der Waals surface area contributed by atoms with Crippen molar-refractivity contribution in [1.29, 1.82) is 0 Å². The molecule has 7 heteroatoms. The number of fused-ring (bicyclic) bond motifs is 3. The normalized spacial score (nSPS) is 30.9. The topological polar surface area (TPSA) is 60.2 Å². The lowest BCUT2D eigenvalue weighted by Crippen LogP contribution is -2.19. The minimum atomic E-state index is 0.0694. The molecule has 5 nitrogen and oxygen atoms in total. The molecule has 2 aromatic rings. The number of aromatic hydroxyl groups is 1. The van der Waals surface area contributed by atoms with Crippen molar-refractivity contribution in [1.82, 2.24) is 14.8 Å². The maximum Gasteiger partial charge on any atom is 0.138 e. The van der Waals surface area contributed by atoms with Gasteiger partial charge in [-0.05, 0) is 31.4 Å². The van der Waals surface area contributed by atoms with Crippen LogP contribution >= 0.6 is 23.2 Å². The van der Waals surface area contributed by atoms with Gasteiger partial charge in [0.25, 0.3) is 0 Å². The molecule has 0 saturated carbocycles. The molecule has 3 aliphatic rings. The van der Waals surface area contributed by atoms with Crippen molar-refractivity contribution in [2.75, 3.05) is 0 Å². The summed E-state index contributed by atoms with van der Waals surface area (Å²) in [5.74, 6) is 2.58. The first-order valence-electron chi connectivity index (χ1n) is 8.36. The highest BCUT2D eigenvalue weighted by Gasteiger charge is 2.45. The molecule has 4 atom stereocenters. The van der Waals surface area contributed by atoms with E-state index < -0.39 is 0 Å². The van der Waals surface area contributed by atoms with E-state index >= 15 is 0 Å². The molecule has 4 heterocycles. The number of phenolic OH excluding ortho intramolecular Hbond substituents is 1. The summed E-state index contributed by atoms with van der Waals surface area (Å²) in [4.78, 5) is 0. The average molecular weight is 366 g/mol. The van der Waals surface area contributed by atoms with Crippen LogP contribution in [0.5, 0.6) is 5.75 Å². The predicted molar refractivity (Wildman–Crippen MR) is 89.8 cm³/mol. The van der Waals surface area contributed by atoms with Crippen LogP contribution in [-0.4, -0.2) is 32.1 Å². The molecular weight excluding hydrogens is 349 g/mol. The Morgan fingerprint density at radius 1 is 1.21 bits per heavy atom. The van der Waals surface area contributed by atoms with Gasteiger partial charge < -0.3 is 14.4 Å². The SMILES string of the molecule is Oc1ccc(Cl)c(Cl)c1[C@@H]1Cc2nnc([C@H]3C[C@@H]4CC[C@H]3O4)n2C1. The Morgan fingerprint density at radius 3 is 2.83 bits per heavy atom. The summed E-state index contributed by atoms with van der Waals surface area (Å²) in [7, 11) is 0. The second-order valence-corrected chi connectivity index (χ2v) is 7.78. The van der Waals surface area contributed by atoms with Crippen molar-refractivity contribution in [3.63, 3.8) is 0 Å². The lowest BCUT2D eigenvalue weighted by Gasteiger charge is -2.19. The van der Waals surface area contributed by atoms with E-state index in [9.17, 15) is 5.11 Å². The molecule has 0 unspecified atom stereocenters. The fourth-order valence-corrected chi connectivity index (χ4v) is 5.00. The van der Waals surface area contributed by atoms with Gasteiger partial charge in [-0.3, -0.25) is 0 Å². The average Bonchev–Trinajstić information content (AvgIpc) is 3.30. The maximum atomic E-state index is 10.3. The standard InChI is InChI=1S/C17H17Cl2N3O2/c18-11-2-3-12(23)15(16(11)19)8-5-14-20-21-17(22(14)7-8)10-6-9-1-4-13(10)24-9/h2-3,8-10,13,23H,1,4-7H2/t8-,9+,10+,13-/m1/s1. The summed E-state index contributed by atoms with van der Waals surface area (Å²) in [6, 6.07) is 3.23. The van der Waals surface area contributed by atoms with Gasteiger partial charge in [-0.25, -0.2) is 0 Å². The van der Waals surface area contributed by atoms with Crippen LogP contribution in [0.25, 0.3) is 0 Å². The van der Waals surface area contributed by atoms with E-state index in [2.05, 4.69) is 14.8 Å². The molecule has 1 N–H and O–H groups in total. The molecule has 3 aliphatic heterocycles. The van der Waals surface area contributed by atoms with Crippen LogP contribution in [0.15, 0.2) is 12.1 Å². The number of rotatable bonds is 2. The smallest absolute Gasteiger partial charge is 0.138 e. The van der Waals surface area contributed by atoms with Gasteiger partial charge in [0.15, 0.2) is 0 Å². The second-order valence-electron chi connectivity index (χ2n) is 7.00. The number of phenols is 1. The Morgan fingerprint density at radius 2 is 2.08 bits per heavy atom. The van der Waals surface area contributed by atoms with Gasteiger partial charge in [0, 0.05) is 30.4 Å². The molecule has 0 amide bonds. The highest BCUT2D eigenvalue weighted by atomic mass is 35.5. The number of hydrogen-bond donors (Lipinski definition) is 1. The molecule has 1 aromatic heterocycles. The van der Waals surface area contributed by atoms with Crippen LogP contribution < -0.4 is 0 Å². The van der Waals surface area contributed by atoms with E-state index in [-0.39, 0.29) is 17.8 Å². The number of ether oxygens (including phenoxy) is 1. The van der Waals surface area contributed by atoms with Crippen molar-refractivity contribution in [3.8, 4) is 5.75 Å². The van der Waals surface area contributed by atoms with E-state index in [1.165, 1.54) is 0 Å². The second kappa shape index (κ2) is 5.35. The monoisotopic (exact) mass is 365 g/mol. The Hall–Kier alpha value is -1.30. The fourth-order valence-electron chi connectivity index (χ4n) is 4.53. The summed E-state index contributed by atoms with van der Waals surface area (Å²) in [5.41, 5.74) is 0.713. The Balaban J connectivity index is 1.47. The first-order valence-corrected chi connectivity index (χ1v) is 9.11. The summed E-state index contributed by atoms with van der Waals surface area (Å²) in [6.07, 6.45) is 4.69. The summed E-state index contributed by atoms with van der Waals surface area (Å²) < 4.78 is 8.16. The zero-order chi connectivity index (χ0) is 16.4. The third kappa shape index (κ3) is 2.11. The molecule has 2 fully saturated rings. The van der Waals surface area contributed by atoms with Gasteiger partial charge in [-0.2, -0.15) is 0 Å². The van der Waals surface area contributed by atoms with E-state index in [0.717, 1.165) is 37.5 Å². The van der Waals surface area contributed by atoms with Crippen LogP contribution in [0, 0.1) is 0 Å². The number of halogens is 2. The highest BCUT2D eigenvalue weighted by Crippen LogP contribution is 2.46. The van der Waals surface area contributed by atoms with Crippen molar-refractivity contribution >= 4 is 23.2 Å². The Bertz CT molecular complexity index is 822. The molecule has 2 bridgehead atoms. The summed E-state index contributed by atoms with van der Waals surface area (Å²) in [5, 5.41) is 20.0. The third-order valence-electron chi connectivity index (χ3n) is 5.64. The van der Waals surface area contributed by atoms with Crippen LogP contribution in [0.3, 0.4) is 0 Å². The van der Waals surface area contributed by atoms with Gasteiger partial charge >= 0.3 is 0 Å². The Labute approximate surface area is 149 Å². The molecule has 0 aliphatic carbocycles. The molecule has 126 valence electrons. The van der Waals surface area contributed by atoms with Gasteiger partial charge in [0.05, 0.1) is 22.3 Å². The van der Waals surface area contributed by atoms with Crippen molar-refractivity contribution < 1.29 is 9.84 Å². The molecule has 0 radical (unpaired) electrons. The molecule has 1 aromatic carbocycles. The van der Waals surface area contributed by atoms with Crippen molar-refractivity contribution in [2.45, 2.75) is 56.3 Å². The van der Waals surface area contributed by atoms with Crippen LogP contribution in [-0.2, 0) is 17.7 Å². The van der Waals surface area contributed by atoms with E-state index in [0.29, 0.717) is 34.1 Å². The third-order valence-corrected chi connectivity index (χ3v) is 6.46. The first-order chi connectivity index (χ1) is 11.6. The van der Waals surface area contributed by atoms with Crippen LogP contribution in [0.4, 0.5) is 0 Å². The minimum absolute atomic E-state index is 0.0694. The molecule has 2 saturated heterocycles. The number of nitrogens with zero attached hydrogens (tertiary/aromatic N) is 3. The summed E-state index contributed by atoms with van der Waals surface area (Å²) >= 11 is 12.5. The lowest BCUT2D eigenvalue weighted by molar-refractivity contribution is 0.0995. The van der Waals surface area contributed by atoms with Crippen LogP contribution in [0.1, 0.15) is 48.3 Å². The molecular formula is C17H17Cl2N3O2. The van der Waals surface area contributed by atoms with E-state index in [4.69, 9.17) is 27.9 Å². The lowest BCUT2D eigenvalue weighted by atomic mass is 9.88. The van der Waals surface area contributed by atoms with Gasteiger partial charge in [-0.1, -0.05) is 23.2 Å².